The summed E-state index contributed by atoms with van der Waals surface area (Å²) < 4.78 is 0. The first-order valence-corrected chi connectivity index (χ1v) is 4.76. The molecule has 0 amide bonds. The van der Waals surface area contributed by atoms with Gasteiger partial charge in [-0.05, 0) is 17.3 Å². The second-order valence-electron chi connectivity index (χ2n) is 5.11. The summed E-state index contributed by atoms with van der Waals surface area (Å²) in [4.78, 5) is 0. The van der Waals surface area contributed by atoms with E-state index in [1.165, 1.54) is 0 Å². The summed E-state index contributed by atoms with van der Waals surface area (Å²) in [6.45, 7) is 13.4. The van der Waals surface area contributed by atoms with E-state index in [0.29, 0.717) is 17.9 Å². The molecule has 12 heavy (non-hydrogen) atoms. The van der Waals surface area contributed by atoms with Crippen molar-refractivity contribution in [1.82, 2.24) is 5.43 Å². The van der Waals surface area contributed by atoms with Crippen LogP contribution in [0.2, 0.25) is 0 Å². The third-order valence-corrected chi connectivity index (χ3v) is 2.69. The molecule has 0 aliphatic carbocycles. The second-order valence-corrected chi connectivity index (χ2v) is 5.11. The number of hydrazine groups is 1. The van der Waals surface area contributed by atoms with E-state index >= 15 is 0 Å². The largest absolute Gasteiger partial charge is 0.271 e. The molecule has 0 aliphatic rings. The quantitative estimate of drug-likeness (QED) is 0.506. The highest BCUT2D eigenvalue weighted by Gasteiger charge is 2.29. The molecule has 2 unspecified atom stereocenters. The molecule has 0 fully saturated rings. The van der Waals surface area contributed by atoms with E-state index in [4.69, 9.17) is 5.84 Å². The molecule has 0 heterocycles. The van der Waals surface area contributed by atoms with Gasteiger partial charge in [-0.25, -0.2) is 0 Å². The lowest BCUT2D eigenvalue weighted by molar-refractivity contribution is 0.170. The van der Waals surface area contributed by atoms with Gasteiger partial charge in [-0.3, -0.25) is 11.3 Å². The molecule has 0 aliphatic heterocycles. The fourth-order valence-electron chi connectivity index (χ4n) is 1.58. The van der Waals surface area contributed by atoms with E-state index < -0.39 is 0 Å². The van der Waals surface area contributed by atoms with Gasteiger partial charge >= 0.3 is 0 Å². The van der Waals surface area contributed by atoms with E-state index in [2.05, 4.69) is 47.0 Å². The van der Waals surface area contributed by atoms with Crippen molar-refractivity contribution in [2.24, 2.45) is 23.1 Å². The van der Waals surface area contributed by atoms with Crippen LogP contribution in [0.5, 0.6) is 0 Å². The van der Waals surface area contributed by atoms with Crippen molar-refractivity contribution in [1.29, 1.82) is 0 Å². The average molecular weight is 172 g/mol. The summed E-state index contributed by atoms with van der Waals surface area (Å²) in [5.41, 5.74) is 3.16. The van der Waals surface area contributed by atoms with Crippen LogP contribution in [-0.2, 0) is 0 Å². The minimum absolute atomic E-state index is 0.235. The molecule has 0 spiro atoms. The Labute approximate surface area is 76.9 Å². The van der Waals surface area contributed by atoms with Crippen LogP contribution in [-0.4, -0.2) is 6.04 Å². The standard InChI is InChI=1S/C10H24N2/c1-7(2)8(3)9(12-11)10(4,5)6/h7-9,12H,11H2,1-6H3. The molecule has 0 rings (SSSR count). The van der Waals surface area contributed by atoms with Crippen LogP contribution in [0.3, 0.4) is 0 Å². The van der Waals surface area contributed by atoms with Crippen molar-refractivity contribution < 1.29 is 0 Å². The Morgan fingerprint density at radius 2 is 1.50 bits per heavy atom. The van der Waals surface area contributed by atoms with Crippen molar-refractivity contribution >= 4 is 0 Å². The van der Waals surface area contributed by atoms with Crippen molar-refractivity contribution in [2.75, 3.05) is 0 Å². The van der Waals surface area contributed by atoms with Crippen molar-refractivity contribution in [2.45, 2.75) is 47.6 Å². The van der Waals surface area contributed by atoms with Gasteiger partial charge in [0.1, 0.15) is 0 Å². The van der Waals surface area contributed by atoms with Crippen molar-refractivity contribution in [3.63, 3.8) is 0 Å². The van der Waals surface area contributed by atoms with Crippen LogP contribution in [0.15, 0.2) is 0 Å². The summed E-state index contributed by atoms with van der Waals surface area (Å²) >= 11 is 0. The lowest BCUT2D eigenvalue weighted by Crippen LogP contribution is -2.49. The van der Waals surface area contributed by atoms with Gasteiger partial charge in [-0.15, -0.1) is 0 Å². The fraction of sp³-hybridized carbons (Fsp3) is 1.00. The van der Waals surface area contributed by atoms with E-state index in [1.54, 1.807) is 0 Å². The minimum atomic E-state index is 0.235. The van der Waals surface area contributed by atoms with Crippen molar-refractivity contribution in [3.8, 4) is 0 Å². The highest BCUT2D eigenvalue weighted by atomic mass is 15.2. The van der Waals surface area contributed by atoms with Gasteiger partial charge < -0.3 is 0 Å². The third kappa shape index (κ3) is 3.11. The highest BCUT2D eigenvalue weighted by Crippen LogP contribution is 2.28. The second kappa shape index (κ2) is 4.24. The zero-order chi connectivity index (χ0) is 9.94. The molecular formula is C10H24N2. The van der Waals surface area contributed by atoms with Crippen molar-refractivity contribution in [3.05, 3.63) is 0 Å². The number of nitrogens with one attached hydrogen (secondary N) is 1. The van der Waals surface area contributed by atoms with E-state index in [9.17, 15) is 0 Å². The Balaban J connectivity index is 4.35. The molecule has 2 nitrogen and oxygen atoms in total. The number of rotatable bonds is 3. The maximum atomic E-state index is 5.55. The van der Waals surface area contributed by atoms with Gasteiger partial charge in [0, 0.05) is 6.04 Å². The summed E-state index contributed by atoms with van der Waals surface area (Å²) in [6.07, 6.45) is 0. The first-order chi connectivity index (χ1) is 5.30. The summed E-state index contributed by atoms with van der Waals surface area (Å²) in [7, 11) is 0. The molecule has 2 atom stereocenters. The van der Waals surface area contributed by atoms with E-state index in [-0.39, 0.29) is 5.41 Å². The SMILES string of the molecule is CC(C)C(C)C(NN)C(C)(C)C. The third-order valence-electron chi connectivity index (χ3n) is 2.69. The van der Waals surface area contributed by atoms with Crippen LogP contribution in [0, 0.1) is 17.3 Å². The molecule has 0 bridgehead atoms. The van der Waals surface area contributed by atoms with Gasteiger partial charge in [0.15, 0.2) is 0 Å². The summed E-state index contributed by atoms with van der Waals surface area (Å²) in [6, 6.07) is 0.387. The molecule has 2 heteroatoms. The molecule has 0 aromatic rings. The van der Waals surface area contributed by atoms with Gasteiger partial charge in [0.05, 0.1) is 0 Å². The average Bonchev–Trinajstić information content (AvgIpc) is 1.85. The molecule has 0 saturated carbocycles. The zero-order valence-corrected chi connectivity index (χ0v) is 9.31. The lowest BCUT2D eigenvalue weighted by Gasteiger charge is -2.36. The van der Waals surface area contributed by atoms with Crippen LogP contribution >= 0.6 is 0 Å². The van der Waals surface area contributed by atoms with Crippen LogP contribution in [0.1, 0.15) is 41.5 Å². The molecule has 0 aromatic heterocycles. The number of nitrogens with two attached hydrogens (primary N) is 1. The Hall–Kier alpha value is -0.0800. The minimum Gasteiger partial charge on any atom is -0.271 e. The van der Waals surface area contributed by atoms with Gasteiger partial charge in [0.2, 0.25) is 0 Å². The van der Waals surface area contributed by atoms with Crippen LogP contribution in [0.4, 0.5) is 0 Å². The topological polar surface area (TPSA) is 38.0 Å². The van der Waals surface area contributed by atoms with Crippen LogP contribution < -0.4 is 11.3 Å². The number of hydrogen-bond acceptors (Lipinski definition) is 2. The number of hydrogen-bond donors (Lipinski definition) is 2. The molecule has 0 radical (unpaired) electrons. The highest BCUT2D eigenvalue weighted by molar-refractivity contribution is 4.84. The molecule has 3 N–H and O–H groups in total. The van der Waals surface area contributed by atoms with Gasteiger partial charge in [0.25, 0.3) is 0 Å². The molecule has 74 valence electrons. The predicted molar refractivity (Wildman–Crippen MR) is 54.6 cm³/mol. The Bertz CT molecular complexity index is 124. The maximum Gasteiger partial charge on any atom is 0.0287 e. The lowest BCUT2D eigenvalue weighted by atomic mass is 9.76. The maximum absolute atomic E-state index is 5.55. The van der Waals surface area contributed by atoms with E-state index in [1.807, 2.05) is 0 Å². The molecular weight excluding hydrogens is 148 g/mol. The molecule has 0 saturated heterocycles. The zero-order valence-electron chi connectivity index (χ0n) is 9.31. The summed E-state index contributed by atoms with van der Waals surface area (Å²) in [5, 5.41) is 0. The Kier molecular flexibility index (Phi) is 4.21. The predicted octanol–water partition coefficient (Wildman–Crippen LogP) is 2.16. The van der Waals surface area contributed by atoms with Crippen LogP contribution in [0.25, 0.3) is 0 Å². The normalized spacial score (nSPS) is 18.0. The smallest absolute Gasteiger partial charge is 0.0287 e. The molecule has 0 aromatic carbocycles. The summed E-state index contributed by atoms with van der Waals surface area (Å²) in [5.74, 6) is 6.83. The Morgan fingerprint density at radius 3 is 1.58 bits per heavy atom. The van der Waals surface area contributed by atoms with Gasteiger partial charge in [-0.2, -0.15) is 0 Å². The first-order valence-electron chi connectivity index (χ1n) is 4.76. The first kappa shape index (κ1) is 11.9. The fourth-order valence-corrected chi connectivity index (χ4v) is 1.58. The Morgan fingerprint density at radius 1 is 1.08 bits per heavy atom. The monoisotopic (exact) mass is 172 g/mol. The van der Waals surface area contributed by atoms with E-state index in [0.717, 1.165) is 0 Å². The van der Waals surface area contributed by atoms with Gasteiger partial charge in [-0.1, -0.05) is 41.5 Å².